The third-order valence-electron chi connectivity index (χ3n) is 1.60. The standard InChI is InChI=1S/C4H12N3OPS3/c5-11-9(8,12-6)7-1-3-10-4-2-7/h1-6H2. The van der Waals surface area contributed by atoms with Gasteiger partial charge in [0.2, 0.25) is 0 Å². The molecule has 0 bridgehead atoms. The molecule has 4 nitrogen and oxygen atoms in total. The second kappa shape index (κ2) is 5.14. The number of nitrogens with two attached hydrogens (primary N) is 2. The smallest absolute Gasteiger partial charge is 0.280 e. The first-order chi connectivity index (χ1) is 5.73. The molecule has 0 saturated carbocycles. The summed E-state index contributed by atoms with van der Waals surface area (Å²) in [5.74, 6) is 2.04. The summed E-state index contributed by atoms with van der Waals surface area (Å²) < 4.78 is 13.8. The van der Waals surface area contributed by atoms with Crippen LogP contribution in [0.5, 0.6) is 0 Å². The summed E-state index contributed by atoms with van der Waals surface area (Å²) in [6, 6.07) is 0. The lowest BCUT2D eigenvalue weighted by Gasteiger charge is -2.30. The SMILES string of the molecule is NSP(=O)(SN)N1CCSCC1. The van der Waals surface area contributed by atoms with Crippen LogP contribution in [0, 0.1) is 0 Å². The molecule has 0 aromatic rings. The van der Waals surface area contributed by atoms with Gasteiger partial charge in [-0.3, -0.25) is 14.8 Å². The van der Waals surface area contributed by atoms with Crippen molar-refractivity contribution in [2.24, 2.45) is 10.3 Å². The van der Waals surface area contributed by atoms with Crippen LogP contribution in [-0.2, 0) is 4.57 Å². The van der Waals surface area contributed by atoms with Crippen molar-refractivity contribution in [2.75, 3.05) is 24.6 Å². The fourth-order valence-corrected chi connectivity index (χ4v) is 5.51. The van der Waals surface area contributed by atoms with Crippen molar-refractivity contribution in [2.45, 2.75) is 0 Å². The predicted octanol–water partition coefficient (Wildman–Crippen LogP) is 1.36. The van der Waals surface area contributed by atoms with Crippen LogP contribution in [0.3, 0.4) is 0 Å². The first kappa shape index (κ1) is 11.2. The molecule has 12 heavy (non-hydrogen) atoms. The first-order valence-electron chi connectivity index (χ1n) is 3.43. The summed E-state index contributed by atoms with van der Waals surface area (Å²) >= 11 is 3.65. The minimum atomic E-state index is -2.55. The number of rotatable bonds is 3. The van der Waals surface area contributed by atoms with Crippen LogP contribution in [0.4, 0.5) is 0 Å². The number of nitrogens with zero attached hydrogens (tertiary/aromatic N) is 1. The van der Waals surface area contributed by atoms with Gasteiger partial charge in [0, 0.05) is 47.7 Å². The van der Waals surface area contributed by atoms with Crippen LogP contribution in [0.2, 0.25) is 0 Å². The Balaban J connectivity index is 2.58. The molecule has 0 unspecified atom stereocenters. The molecule has 1 fully saturated rings. The molecule has 1 rings (SSSR count). The summed E-state index contributed by atoms with van der Waals surface area (Å²) in [6.45, 7) is 1.66. The molecular formula is C4H12N3OPS3. The van der Waals surface area contributed by atoms with Gasteiger partial charge in [-0.2, -0.15) is 11.8 Å². The van der Waals surface area contributed by atoms with Gasteiger partial charge in [0.15, 0.2) is 0 Å². The zero-order valence-corrected chi connectivity index (χ0v) is 9.85. The van der Waals surface area contributed by atoms with E-state index in [1.807, 2.05) is 16.4 Å². The summed E-state index contributed by atoms with van der Waals surface area (Å²) in [6.07, 6.45) is 0. The maximum absolute atomic E-state index is 11.9. The lowest BCUT2D eigenvalue weighted by molar-refractivity contribution is 0.466. The summed E-state index contributed by atoms with van der Waals surface area (Å²) in [5, 5.41) is 10.7. The molecule has 72 valence electrons. The second-order valence-corrected chi connectivity index (χ2v) is 10.3. The monoisotopic (exact) mass is 245 g/mol. The van der Waals surface area contributed by atoms with Crippen molar-refractivity contribution in [3.63, 3.8) is 0 Å². The maximum Gasteiger partial charge on any atom is 0.285 e. The van der Waals surface area contributed by atoms with E-state index in [0.717, 1.165) is 47.7 Å². The van der Waals surface area contributed by atoms with Crippen LogP contribution < -0.4 is 10.3 Å². The van der Waals surface area contributed by atoms with Crippen molar-refractivity contribution in [1.29, 1.82) is 0 Å². The van der Waals surface area contributed by atoms with Crippen LogP contribution in [-0.4, -0.2) is 29.3 Å². The van der Waals surface area contributed by atoms with E-state index in [-0.39, 0.29) is 0 Å². The molecule has 0 atom stereocenters. The molecule has 0 spiro atoms. The van der Waals surface area contributed by atoms with E-state index in [9.17, 15) is 4.57 Å². The molecule has 0 amide bonds. The van der Waals surface area contributed by atoms with Crippen molar-refractivity contribution in [1.82, 2.24) is 4.67 Å². The fraction of sp³-hybridized carbons (Fsp3) is 1.00. The largest absolute Gasteiger partial charge is 0.285 e. The van der Waals surface area contributed by atoms with Gasteiger partial charge >= 0.3 is 0 Å². The quantitative estimate of drug-likeness (QED) is 0.574. The van der Waals surface area contributed by atoms with E-state index in [2.05, 4.69) is 0 Å². The van der Waals surface area contributed by atoms with E-state index in [1.165, 1.54) is 0 Å². The molecular weight excluding hydrogens is 233 g/mol. The zero-order valence-electron chi connectivity index (χ0n) is 6.51. The molecule has 1 aliphatic heterocycles. The molecule has 0 aromatic heterocycles. The molecule has 1 heterocycles. The predicted molar refractivity (Wildman–Crippen MR) is 60.1 cm³/mol. The van der Waals surface area contributed by atoms with Gasteiger partial charge in [-0.15, -0.1) is 0 Å². The second-order valence-electron chi connectivity index (χ2n) is 2.25. The Morgan fingerprint density at radius 1 is 1.25 bits per heavy atom. The minimum absolute atomic E-state index is 0.830. The Bertz CT molecular complexity index is 178. The molecule has 0 radical (unpaired) electrons. The number of hydrogen-bond donors (Lipinski definition) is 2. The Kier molecular flexibility index (Phi) is 4.82. The topological polar surface area (TPSA) is 72.3 Å². The Morgan fingerprint density at radius 3 is 2.17 bits per heavy atom. The van der Waals surface area contributed by atoms with E-state index >= 15 is 0 Å². The molecule has 0 aliphatic carbocycles. The van der Waals surface area contributed by atoms with Crippen LogP contribution in [0.1, 0.15) is 0 Å². The Morgan fingerprint density at radius 2 is 1.75 bits per heavy atom. The van der Waals surface area contributed by atoms with Gasteiger partial charge in [0.1, 0.15) is 0 Å². The van der Waals surface area contributed by atoms with Crippen LogP contribution >= 0.6 is 40.6 Å². The van der Waals surface area contributed by atoms with Gasteiger partial charge in [-0.05, 0) is 0 Å². The zero-order chi connectivity index (χ0) is 9.03. The van der Waals surface area contributed by atoms with E-state index in [1.54, 1.807) is 0 Å². The highest BCUT2D eigenvalue weighted by Gasteiger charge is 2.31. The van der Waals surface area contributed by atoms with Crippen LogP contribution in [0.15, 0.2) is 0 Å². The third kappa shape index (κ3) is 2.57. The summed E-state index contributed by atoms with van der Waals surface area (Å²) in [5.41, 5.74) is -2.55. The normalized spacial score (nSPS) is 21.2. The molecule has 1 saturated heterocycles. The van der Waals surface area contributed by atoms with Crippen molar-refractivity contribution < 1.29 is 4.57 Å². The van der Waals surface area contributed by atoms with Crippen LogP contribution in [0.25, 0.3) is 0 Å². The van der Waals surface area contributed by atoms with Crippen molar-refractivity contribution in [3.05, 3.63) is 0 Å². The summed E-state index contributed by atoms with van der Waals surface area (Å²) in [7, 11) is 0. The molecule has 1 aliphatic rings. The van der Waals surface area contributed by atoms with Crippen molar-refractivity contribution >= 4 is 40.6 Å². The van der Waals surface area contributed by atoms with Gasteiger partial charge in [0.25, 0.3) is 5.70 Å². The van der Waals surface area contributed by atoms with E-state index < -0.39 is 5.70 Å². The minimum Gasteiger partial charge on any atom is -0.280 e. The number of thioether (sulfide) groups is 1. The highest BCUT2D eigenvalue weighted by Crippen LogP contribution is 2.67. The van der Waals surface area contributed by atoms with E-state index in [4.69, 9.17) is 10.3 Å². The average molecular weight is 245 g/mol. The van der Waals surface area contributed by atoms with E-state index in [0.29, 0.717) is 0 Å². The highest BCUT2D eigenvalue weighted by atomic mass is 33.1. The van der Waals surface area contributed by atoms with Gasteiger partial charge in [-0.1, -0.05) is 0 Å². The Hall–Kier alpha value is 1.16. The molecule has 8 heteroatoms. The Labute approximate surface area is 84.8 Å². The molecule has 4 N–H and O–H groups in total. The fourth-order valence-electron chi connectivity index (χ4n) is 0.957. The van der Waals surface area contributed by atoms with Gasteiger partial charge in [-0.25, -0.2) is 4.67 Å². The lowest BCUT2D eigenvalue weighted by atomic mass is 10.6. The number of hydrogen-bond acceptors (Lipinski definition) is 6. The van der Waals surface area contributed by atoms with Gasteiger partial charge < -0.3 is 0 Å². The summed E-state index contributed by atoms with van der Waals surface area (Å²) in [4.78, 5) is 0. The maximum atomic E-state index is 11.9. The third-order valence-corrected chi connectivity index (χ3v) is 8.70. The van der Waals surface area contributed by atoms with Crippen molar-refractivity contribution in [3.8, 4) is 0 Å². The molecule has 0 aromatic carbocycles. The van der Waals surface area contributed by atoms with Gasteiger partial charge in [0.05, 0.1) is 0 Å². The lowest BCUT2D eigenvalue weighted by Crippen LogP contribution is -2.28. The highest BCUT2D eigenvalue weighted by molar-refractivity contribution is 8.88. The first-order valence-corrected chi connectivity index (χ1v) is 9.21. The average Bonchev–Trinajstić information content (AvgIpc) is 2.18.